The van der Waals surface area contributed by atoms with Gasteiger partial charge in [-0.25, -0.2) is 0 Å². The van der Waals surface area contributed by atoms with Crippen molar-refractivity contribution in [3.63, 3.8) is 0 Å². The van der Waals surface area contributed by atoms with E-state index in [0.717, 1.165) is 37.9 Å². The quantitative estimate of drug-likeness (QED) is 0.850. The Kier molecular flexibility index (Phi) is 5.26. The van der Waals surface area contributed by atoms with Gasteiger partial charge in [-0.05, 0) is 38.4 Å². The molecule has 3 rings (SSSR count). The Morgan fingerprint density at radius 1 is 1.21 bits per heavy atom. The number of hydrogen-bond donors (Lipinski definition) is 0. The third-order valence-corrected chi connectivity index (χ3v) is 5.96. The maximum absolute atomic E-state index is 13.6. The summed E-state index contributed by atoms with van der Waals surface area (Å²) < 4.78 is 5.58. The first kappa shape index (κ1) is 17.4. The molecule has 0 bridgehead atoms. The summed E-state index contributed by atoms with van der Waals surface area (Å²) >= 11 is 0. The summed E-state index contributed by atoms with van der Waals surface area (Å²) in [4.78, 5) is 18.0. The third kappa shape index (κ3) is 3.09. The van der Waals surface area contributed by atoms with Crippen molar-refractivity contribution in [3.05, 3.63) is 35.9 Å². The van der Waals surface area contributed by atoms with Crippen LogP contribution in [0.1, 0.15) is 31.7 Å². The zero-order valence-electron chi connectivity index (χ0n) is 15.2. The summed E-state index contributed by atoms with van der Waals surface area (Å²) in [6, 6.07) is 10.8. The smallest absolute Gasteiger partial charge is 0.233 e. The van der Waals surface area contributed by atoms with E-state index in [1.165, 1.54) is 0 Å². The maximum atomic E-state index is 13.6. The molecule has 0 spiro atoms. The van der Waals surface area contributed by atoms with Crippen molar-refractivity contribution in [2.24, 2.45) is 5.92 Å². The van der Waals surface area contributed by atoms with E-state index in [4.69, 9.17) is 4.74 Å². The Labute approximate surface area is 145 Å². The summed E-state index contributed by atoms with van der Waals surface area (Å²) in [6.45, 7) is 5.30. The number of rotatable bonds is 4. The number of hydrogen-bond acceptors (Lipinski definition) is 3. The lowest BCUT2D eigenvalue weighted by Crippen LogP contribution is -2.49. The molecule has 0 aliphatic carbocycles. The molecule has 2 fully saturated rings. The van der Waals surface area contributed by atoms with Crippen LogP contribution in [0.25, 0.3) is 0 Å². The molecule has 0 aromatic heterocycles. The Bertz CT molecular complexity index is 552. The summed E-state index contributed by atoms with van der Waals surface area (Å²) in [5, 5.41) is 0. The lowest BCUT2D eigenvalue weighted by atomic mass is 9.73. The van der Waals surface area contributed by atoms with Crippen LogP contribution in [0, 0.1) is 5.92 Å². The number of benzene rings is 1. The van der Waals surface area contributed by atoms with Gasteiger partial charge in [0.15, 0.2) is 0 Å². The molecular formula is C20H30N2O2. The highest BCUT2D eigenvalue weighted by Crippen LogP contribution is 2.38. The Hall–Kier alpha value is -1.39. The van der Waals surface area contributed by atoms with Crippen molar-refractivity contribution >= 4 is 5.91 Å². The molecule has 1 aromatic rings. The summed E-state index contributed by atoms with van der Waals surface area (Å²) in [5.74, 6) is 0.872. The second-order valence-electron chi connectivity index (χ2n) is 7.47. The van der Waals surface area contributed by atoms with E-state index in [0.29, 0.717) is 31.1 Å². The maximum Gasteiger partial charge on any atom is 0.233 e. The molecule has 0 saturated carbocycles. The molecule has 2 heterocycles. The minimum absolute atomic E-state index is 0.305. The molecule has 0 N–H and O–H groups in total. The van der Waals surface area contributed by atoms with Crippen molar-refractivity contribution in [2.75, 3.05) is 40.4 Å². The van der Waals surface area contributed by atoms with E-state index >= 15 is 0 Å². The second kappa shape index (κ2) is 7.24. The summed E-state index contributed by atoms with van der Waals surface area (Å²) in [7, 11) is 4.26. The number of amides is 1. The molecular weight excluding hydrogens is 300 g/mol. The van der Waals surface area contributed by atoms with Crippen LogP contribution in [0.2, 0.25) is 0 Å². The Balaban J connectivity index is 1.88. The van der Waals surface area contributed by atoms with Gasteiger partial charge in [0.25, 0.3) is 0 Å². The van der Waals surface area contributed by atoms with Crippen LogP contribution in [0.15, 0.2) is 30.3 Å². The molecule has 0 unspecified atom stereocenters. The van der Waals surface area contributed by atoms with Crippen molar-refractivity contribution in [1.29, 1.82) is 0 Å². The van der Waals surface area contributed by atoms with Crippen LogP contribution in [0.4, 0.5) is 0 Å². The summed E-state index contributed by atoms with van der Waals surface area (Å²) in [5.41, 5.74) is 0.749. The normalized spacial score (nSPS) is 26.8. The van der Waals surface area contributed by atoms with Crippen molar-refractivity contribution < 1.29 is 9.53 Å². The van der Waals surface area contributed by atoms with E-state index in [1.807, 2.05) is 18.2 Å². The highest BCUT2D eigenvalue weighted by Gasteiger charge is 2.47. The lowest BCUT2D eigenvalue weighted by molar-refractivity contribution is -0.140. The molecule has 2 aliphatic heterocycles. The fourth-order valence-electron chi connectivity index (χ4n) is 4.41. The molecule has 24 heavy (non-hydrogen) atoms. The van der Waals surface area contributed by atoms with E-state index in [-0.39, 0.29) is 0 Å². The Morgan fingerprint density at radius 3 is 2.42 bits per heavy atom. The molecule has 4 nitrogen and oxygen atoms in total. The molecule has 2 aliphatic rings. The largest absolute Gasteiger partial charge is 0.381 e. The van der Waals surface area contributed by atoms with E-state index in [9.17, 15) is 4.79 Å². The van der Waals surface area contributed by atoms with Gasteiger partial charge in [-0.2, -0.15) is 0 Å². The first-order valence-corrected chi connectivity index (χ1v) is 9.17. The molecule has 1 aromatic carbocycles. The van der Waals surface area contributed by atoms with E-state index in [2.05, 4.69) is 43.0 Å². The number of ether oxygens (including phenoxy) is 1. The first-order chi connectivity index (χ1) is 11.6. The van der Waals surface area contributed by atoms with Gasteiger partial charge in [-0.1, -0.05) is 43.7 Å². The minimum atomic E-state index is -0.404. The number of carbonyl (C=O) groups is 1. The Morgan fingerprint density at radius 2 is 1.88 bits per heavy atom. The highest BCUT2D eigenvalue weighted by atomic mass is 16.5. The molecule has 2 atom stereocenters. The topological polar surface area (TPSA) is 32.8 Å². The van der Waals surface area contributed by atoms with Crippen LogP contribution in [0.5, 0.6) is 0 Å². The van der Waals surface area contributed by atoms with Crippen LogP contribution in [-0.4, -0.2) is 62.1 Å². The molecule has 2 saturated heterocycles. The van der Waals surface area contributed by atoms with Gasteiger partial charge >= 0.3 is 0 Å². The number of likely N-dealkylation sites (N-methyl/N-ethyl adjacent to an activating group) is 1. The zero-order chi connectivity index (χ0) is 17.2. The average Bonchev–Trinajstić information content (AvgIpc) is 3.07. The van der Waals surface area contributed by atoms with Gasteiger partial charge in [-0.15, -0.1) is 0 Å². The van der Waals surface area contributed by atoms with E-state index in [1.54, 1.807) is 0 Å². The van der Waals surface area contributed by atoms with Gasteiger partial charge in [-0.3, -0.25) is 4.79 Å². The summed E-state index contributed by atoms with van der Waals surface area (Å²) in [6.07, 6.45) is 2.69. The van der Waals surface area contributed by atoms with Crippen LogP contribution in [0.3, 0.4) is 0 Å². The fourth-order valence-corrected chi connectivity index (χ4v) is 4.41. The number of carbonyl (C=O) groups excluding carboxylic acids is 1. The number of likely N-dealkylation sites (tertiary alicyclic amines) is 1. The van der Waals surface area contributed by atoms with Gasteiger partial charge in [0.05, 0.1) is 5.41 Å². The first-order valence-electron chi connectivity index (χ1n) is 9.17. The van der Waals surface area contributed by atoms with Gasteiger partial charge < -0.3 is 14.5 Å². The second-order valence-corrected chi connectivity index (χ2v) is 7.47. The predicted octanol–water partition coefficient (Wildman–Crippen LogP) is 2.53. The van der Waals surface area contributed by atoms with Crippen LogP contribution < -0.4 is 0 Å². The highest BCUT2D eigenvalue weighted by molar-refractivity contribution is 5.88. The zero-order valence-corrected chi connectivity index (χ0v) is 15.2. The van der Waals surface area contributed by atoms with Gasteiger partial charge in [0, 0.05) is 32.3 Å². The van der Waals surface area contributed by atoms with Gasteiger partial charge in [0.1, 0.15) is 0 Å². The predicted molar refractivity (Wildman–Crippen MR) is 96.0 cm³/mol. The van der Waals surface area contributed by atoms with Crippen molar-refractivity contribution in [1.82, 2.24) is 9.80 Å². The molecule has 132 valence electrons. The van der Waals surface area contributed by atoms with E-state index < -0.39 is 5.41 Å². The van der Waals surface area contributed by atoms with Crippen molar-refractivity contribution in [3.8, 4) is 0 Å². The van der Waals surface area contributed by atoms with Crippen LogP contribution >= 0.6 is 0 Å². The minimum Gasteiger partial charge on any atom is -0.381 e. The fraction of sp³-hybridized carbons (Fsp3) is 0.650. The van der Waals surface area contributed by atoms with Crippen molar-refractivity contribution in [2.45, 2.75) is 37.6 Å². The van der Waals surface area contributed by atoms with Crippen LogP contribution in [-0.2, 0) is 14.9 Å². The van der Waals surface area contributed by atoms with Gasteiger partial charge in [0.2, 0.25) is 5.91 Å². The number of nitrogens with zero attached hydrogens (tertiary/aromatic N) is 2. The lowest BCUT2D eigenvalue weighted by Gasteiger charge is -2.39. The third-order valence-electron chi connectivity index (χ3n) is 5.96. The molecule has 0 radical (unpaired) electrons. The standard InChI is InChI=1S/C20H30N2O2/c1-4-16-14-22(15-18(16)21(2)3)19(23)20(10-12-24-13-11-20)17-8-6-5-7-9-17/h5-9,16,18H,4,10-15H2,1-3H3/t16-,18+/m0/s1. The average molecular weight is 330 g/mol. The monoisotopic (exact) mass is 330 g/mol. The molecule has 1 amide bonds. The molecule has 4 heteroatoms. The SMILES string of the molecule is CC[C@H]1CN(C(=O)C2(c3ccccc3)CCOCC2)C[C@H]1N(C)C.